The first-order valence-electron chi connectivity index (χ1n) is 7.63. The number of ether oxygens (including phenoxy) is 1. The number of carbonyl (C=O) groups is 1. The number of hydrogen-bond acceptors (Lipinski definition) is 4. The second kappa shape index (κ2) is 6.62. The summed E-state index contributed by atoms with van der Waals surface area (Å²) in [6, 6.07) is 3.91. The van der Waals surface area contributed by atoms with Crippen molar-refractivity contribution in [2.24, 2.45) is 5.41 Å². The first kappa shape index (κ1) is 15.2. The summed E-state index contributed by atoms with van der Waals surface area (Å²) in [5.41, 5.74) is 1.54. The van der Waals surface area contributed by atoms with E-state index in [2.05, 4.69) is 15.3 Å². The molecular formula is C16H21N3O2S. The van der Waals surface area contributed by atoms with Crippen molar-refractivity contribution in [3.63, 3.8) is 0 Å². The van der Waals surface area contributed by atoms with Crippen LogP contribution in [0.4, 0.5) is 5.13 Å². The zero-order valence-corrected chi connectivity index (χ0v) is 13.5. The third-order valence-electron chi connectivity index (χ3n) is 4.43. The van der Waals surface area contributed by atoms with Gasteiger partial charge in [0.25, 0.3) is 0 Å². The molecule has 0 unspecified atom stereocenters. The zero-order chi connectivity index (χ0) is 15.4. The molecule has 2 N–H and O–H groups in total. The van der Waals surface area contributed by atoms with E-state index >= 15 is 0 Å². The predicted molar refractivity (Wildman–Crippen MR) is 87.9 cm³/mol. The Kier molecular flexibility index (Phi) is 4.59. The monoisotopic (exact) mass is 319 g/mol. The summed E-state index contributed by atoms with van der Waals surface area (Å²) in [6.45, 7) is 0.624. The molecule has 118 valence electrons. The quantitative estimate of drug-likeness (QED) is 0.853. The maximum atomic E-state index is 12.7. The molecule has 6 heteroatoms. The van der Waals surface area contributed by atoms with Gasteiger partial charge in [-0.3, -0.25) is 4.79 Å². The van der Waals surface area contributed by atoms with Crippen LogP contribution in [0.15, 0.2) is 23.7 Å². The fraction of sp³-hybridized carbons (Fsp3) is 0.500. The van der Waals surface area contributed by atoms with Crippen LogP contribution >= 0.6 is 11.3 Å². The van der Waals surface area contributed by atoms with Crippen molar-refractivity contribution in [3.05, 3.63) is 23.7 Å². The Bertz CT molecular complexity index is 615. The Hall–Kier alpha value is -1.66. The lowest BCUT2D eigenvalue weighted by atomic mass is 9.82. The van der Waals surface area contributed by atoms with Gasteiger partial charge in [-0.05, 0) is 31.4 Å². The topological polar surface area (TPSA) is 67.0 Å². The summed E-state index contributed by atoms with van der Waals surface area (Å²) in [5.74, 6) is 0.0921. The number of amides is 1. The van der Waals surface area contributed by atoms with E-state index in [1.54, 1.807) is 7.11 Å². The molecule has 2 heterocycles. The van der Waals surface area contributed by atoms with E-state index < -0.39 is 0 Å². The smallest absolute Gasteiger partial charge is 0.232 e. The van der Waals surface area contributed by atoms with E-state index in [-0.39, 0.29) is 11.3 Å². The molecule has 2 aromatic rings. The first-order chi connectivity index (χ1) is 10.7. The molecular weight excluding hydrogens is 298 g/mol. The molecule has 3 rings (SSSR count). The van der Waals surface area contributed by atoms with Crippen LogP contribution in [-0.2, 0) is 9.53 Å². The van der Waals surface area contributed by atoms with Crippen molar-refractivity contribution < 1.29 is 9.53 Å². The number of carbonyl (C=O) groups excluding carboxylic acids is 1. The summed E-state index contributed by atoms with van der Waals surface area (Å²) in [6.07, 6.45) is 6.76. The van der Waals surface area contributed by atoms with Crippen LogP contribution in [0.2, 0.25) is 0 Å². The number of anilines is 1. The van der Waals surface area contributed by atoms with Gasteiger partial charge in [-0.2, -0.15) is 0 Å². The van der Waals surface area contributed by atoms with Crippen LogP contribution < -0.4 is 5.32 Å². The summed E-state index contributed by atoms with van der Waals surface area (Å²) < 4.78 is 5.19. The highest BCUT2D eigenvalue weighted by Gasteiger charge is 2.40. The maximum absolute atomic E-state index is 12.7. The predicted octanol–water partition coefficient (Wildman–Crippen LogP) is 3.67. The van der Waals surface area contributed by atoms with Crippen molar-refractivity contribution in [3.8, 4) is 11.4 Å². The van der Waals surface area contributed by atoms with Gasteiger partial charge in [0, 0.05) is 25.3 Å². The van der Waals surface area contributed by atoms with E-state index in [1.165, 1.54) is 11.3 Å². The molecule has 1 aliphatic rings. The summed E-state index contributed by atoms with van der Waals surface area (Å²) in [7, 11) is 1.68. The minimum atomic E-state index is -0.283. The summed E-state index contributed by atoms with van der Waals surface area (Å²) >= 11 is 1.46. The molecule has 1 fully saturated rings. The lowest BCUT2D eigenvalue weighted by molar-refractivity contribution is -0.126. The second-order valence-corrected chi connectivity index (χ2v) is 6.66. The summed E-state index contributed by atoms with van der Waals surface area (Å²) in [5, 5.41) is 5.64. The van der Waals surface area contributed by atoms with Gasteiger partial charge < -0.3 is 15.0 Å². The second-order valence-electron chi connectivity index (χ2n) is 5.81. The number of methoxy groups -OCH3 is 1. The molecule has 0 atom stereocenters. The molecule has 0 spiro atoms. The first-order valence-corrected chi connectivity index (χ1v) is 8.51. The molecule has 0 radical (unpaired) electrons. The van der Waals surface area contributed by atoms with Crippen LogP contribution in [0.5, 0.6) is 0 Å². The molecule has 0 aromatic carbocycles. The molecule has 0 bridgehead atoms. The molecule has 0 aliphatic heterocycles. The van der Waals surface area contributed by atoms with Gasteiger partial charge in [0.1, 0.15) is 0 Å². The van der Waals surface area contributed by atoms with Crippen molar-refractivity contribution >= 4 is 22.4 Å². The van der Waals surface area contributed by atoms with E-state index in [1.807, 2.05) is 23.7 Å². The SMILES string of the molecule is COCCC1(C(=O)Nc2nc(-c3ccc[nH]3)cs2)CCCC1. The molecule has 5 nitrogen and oxygen atoms in total. The highest BCUT2D eigenvalue weighted by Crippen LogP contribution is 2.42. The Morgan fingerprint density at radius 3 is 3.00 bits per heavy atom. The van der Waals surface area contributed by atoms with Crippen LogP contribution in [-0.4, -0.2) is 29.6 Å². The van der Waals surface area contributed by atoms with Crippen molar-refractivity contribution in [2.45, 2.75) is 32.1 Å². The van der Waals surface area contributed by atoms with Crippen LogP contribution in [0, 0.1) is 5.41 Å². The van der Waals surface area contributed by atoms with Gasteiger partial charge in [-0.1, -0.05) is 12.8 Å². The van der Waals surface area contributed by atoms with Gasteiger partial charge in [0.05, 0.1) is 16.8 Å². The summed E-state index contributed by atoms with van der Waals surface area (Å²) in [4.78, 5) is 20.4. The fourth-order valence-corrected chi connectivity index (χ4v) is 3.82. The average Bonchev–Trinajstić information content (AvgIpc) is 3.26. The standard InChI is InChI=1S/C16H21N3O2S/c1-21-10-8-16(6-2-3-7-16)14(20)19-15-18-13(11-22-15)12-5-4-9-17-12/h4-5,9,11,17H,2-3,6-8,10H2,1H3,(H,18,19,20). The van der Waals surface area contributed by atoms with Crippen molar-refractivity contribution in [1.82, 2.24) is 9.97 Å². The lowest BCUT2D eigenvalue weighted by Gasteiger charge is -2.26. The molecule has 2 aromatic heterocycles. The van der Waals surface area contributed by atoms with Crippen molar-refractivity contribution in [1.29, 1.82) is 0 Å². The van der Waals surface area contributed by atoms with Gasteiger partial charge in [0.2, 0.25) is 5.91 Å². The number of thiazole rings is 1. The number of aromatic nitrogens is 2. The van der Waals surface area contributed by atoms with Crippen LogP contribution in [0.3, 0.4) is 0 Å². The number of nitrogens with zero attached hydrogens (tertiary/aromatic N) is 1. The molecule has 1 aliphatic carbocycles. The Morgan fingerprint density at radius 1 is 1.50 bits per heavy atom. The van der Waals surface area contributed by atoms with Gasteiger partial charge in [0.15, 0.2) is 5.13 Å². The molecule has 1 amide bonds. The highest BCUT2D eigenvalue weighted by atomic mass is 32.1. The van der Waals surface area contributed by atoms with Crippen LogP contribution in [0.25, 0.3) is 11.4 Å². The van der Waals surface area contributed by atoms with E-state index in [0.29, 0.717) is 11.7 Å². The van der Waals surface area contributed by atoms with Gasteiger partial charge >= 0.3 is 0 Å². The van der Waals surface area contributed by atoms with E-state index in [0.717, 1.165) is 43.5 Å². The largest absolute Gasteiger partial charge is 0.385 e. The Balaban J connectivity index is 1.70. The Morgan fingerprint density at radius 2 is 2.32 bits per heavy atom. The minimum absolute atomic E-state index is 0.0921. The number of H-pyrrole nitrogens is 1. The highest BCUT2D eigenvalue weighted by molar-refractivity contribution is 7.14. The van der Waals surface area contributed by atoms with Crippen LogP contribution in [0.1, 0.15) is 32.1 Å². The Labute approximate surface area is 134 Å². The molecule has 22 heavy (non-hydrogen) atoms. The van der Waals surface area contributed by atoms with E-state index in [9.17, 15) is 4.79 Å². The fourth-order valence-electron chi connectivity index (χ4n) is 3.11. The molecule has 1 saturated carbocycles. The lowest BCUT2D eigenvalue weighted by Crippen LogP contribution is -2.34. The third-order valence-corrected chi connectivity index (χ3v) is 5.18. The maximum Gasteiger partial charge on any atom is 0.232 e. The van der Waals surface area contributed by atoms with Gasteiger partial charge in [-0.15, -0.1) is 11.3 Å². The molecule has 0 saturated heterocycles. The number of hydrogen-bond donors (Lipinski definition) is 2. The number of rotatable bonds is 6. The third kappa shape index (κ3) is 3.08. The number of nitrogens with one attached hydrogen (secondary N) is 2. The minimum Gasteiger partial charge on any atom is -0.385 e. The average molecular weight is 319 g/mol. The van der Waals surface area contributed by atoms with E-state index in [4.69, 9.17) is 4.74 Å². The number of aromatic amines is 1. The van der Waals surface area contributed by atoms with Crippen molar-refractivity contribution in [2.75, 3.05) is 19.0 Å². The normalized spacial score (nSPS) is 16.8. The van der Waals surface area contributed by atoms with Gasteiger partial charge in [-0.25, -0.2) is 4.98 Å². The zero-order valence-electron chi connectivity index (χ0n) is 12.7.